The summed E-state index contributed by atoms with van der Waals surface area (Å²) in [6, 6.07) is 8.54. The first-order valence-corrected chi connectivity index (χ1v) is 9.67. The van der Waals surface area contributed by atoms with Crippen LogP contribution in [0.1, 0.15) is 43.7 Å². The molecule has 28 heavy (non-hydrogen) atoms. The Balaban J connectivity index is 2.16. The maximum absolute atomic E-state index is 12.6. The van der Waals surface area contributed by atoms with Gasteiger partial charge in [0, 0.05) is 12.5 Å². The molecule has 0 amide bonds. The number of hydrogen-bond donors (Lipinski definition) is 1. The van der Waals surface area contributed by atoms with Gasteiger partial charge in [0.1, 0.15) is 0 Å². The first kappa shape index (κ1) is 21.6. The Hall–Kier alpha value is -2.68. The van der Waals surface area contributed by atoms with Crippen LogP contribution in [0.15, 0.2) is 64.9 Å². The summed E-state index contributed by atoms with van der Waals surface area (Å²) in [4.78, 5) is 25.1. The van der Waals surface area contributed by atoms with Crippen molar-refractivity contribution in [1.82, 2.24) is 4.90 Å². The Kier molecular flexibility index (Phi) is 7.74. The number of carbonyl (C=O) groups is 2. The van der Waals surface area contributed by atoms with Crippen LogP contribution in [-0.2, 0) is 9.59 Å². The molecule has 148 valence electrons. The van der Waals surface area contributed by atoms with E-state index in [2.05, 4.69) is 49.9 Å². The number of benzene rings is 1. The summed E-state index contributed by atoms with van der Waals surface area (Å²) in [5.41, 5.74) is 8.33. The van der Waals surface area contributed by atoms with Crippen molar-refractivity contribution in [3.05, 3.63) is 76.1 Å². The molecule has 0 radical (unpaired) electrons. The van der Waals surface area contributed by atoms with Gasteiger partial charge in [0.15, 0.2) is 5.78 Å². The summed E-state index contributed by atoms with van der Waals surface area (Å²) < 4.78 is 0. The van der Waals surface area contributed by atoms with E-state index in [0.29, 0.717) is 12.1 Å². The summed E-state index contributed by atoms with van der Waals surface area (Å²) in [5.74, 6) is -0.651. The lowest BCUT2D eigenvalue weighted by atomic mass is 9.87. The van der Waals surface area contributed by atoms with Crippen molar-refractivity contribution in [3.63, 3.8) is 0 Å². The van der Waals surface area contributed by atoms with Gasteiger partial charge in [-0.15, -0.1) is 5.73 Å². The number of carbonyl (C=O) groups excluding carboxylic acids is 1. The fourth-order valence-electron chi connectivity index (χ4n) is 3.39. The van der Waals surface area contributed by atoms with E-state index in [1.54, 1.807) is 11.9 Å². The van der Waals surface area contributed by atoms with Crippen LogP contribution >= 0.6 is 0 Å². The highest BCUT2D eigenvalue weighted by atomic mass is 16.4. The monoisotopic (exact) mass is 379 g/mol. The molecular weight excluding hydrogens is 350 g/mol. The van der Waals surface area contributed by atoms with Gasteiger partial charge in [-0.2, -0.15) is 0 Å². The van der Waals surface area contributed by atoms with Gasteiger partial charge in [0.25, 0.3) is 0 Å². The van der Waals surface area contributed by atoms with E-state index in [4.69, 9.17) is 5.11 Å². The van der Waals surface area contributed by atoms with E-state index < -0.39 is 5.97 Å². The second-order valence-corrected chi connectivity index (χ2v) is 7.38. The van der Waals surface area contributed by atoms with Crippen LogP contribution in [0.25, 0.3) is 0 Å². The Bertz CT molecular complexity index is 870. The SMILES string of the molecule is CCC(C1=CC(C)=C=C(C(=O)CN(C)CCC(=O)O)C=C1)c1cccc(C)c1. The average Bonchev–Trinajstić information content (AvgIpc) is 2.82. The van der Waals surface area contributed by atoms with E-state index in [1.165, 1.54) is 16.7 Å². The van der Waals surface area contributed by atoms with Gasteiger partial charge < -0.3 is 5.11 Å². The molecule has 1 unspecified atom stereocenters. The van der Waals surface area contributed by atoms with Crippen molar-refractivity contribution >= 4 is 11.8 Å². The lowest BCUT2D eigenvalue weighted by molar-refractivity contribution is -0.137. The third-order valence-corrected chi connectivity index (χ3v) is 4.83. The molecule has 0 spiro atoms. The number of carboxylic acids is 1. The lowest BCUT2D eigenvalue weighted by Gasteiger charge is -2.18. The van der Waals surface area contributed by atoms with Crippen molar-refractivity contribution in [1.29, 1.82) is 0 Å². The second-order valence-electron chi connectivity index (χ2n) is 7.38. The van der Waals surface area contributed by atoms with Crippen molar-refractivity contribution in [2.24, 2.45) is 0 Å². The molecular formula is C24H29NO3. The van der Waals surface area contributed by atoms with Gasteiger partial charge in [-0.05, 0) is 56.2 Å². The largest absolute Gasteiger partial charge is 0.481 e. The minimum Gasteiger partial charge on any atom is -0.481 e. The van der Waals surface area contributed by atoms with Crippen LogP contribution < -0.4 is 0 Å². The van der Waals surface area contributed by atoms with Crippen LogP contribution in [0, 0.1) is 6.92 Å². The van der Waals surface area contributed by atoms with E-state index in [9.17, 15) is 9.59 Å². The molecule has 0 heterocycles. The molecule has 0 saturated heterocycles. The minimum atomic E-state index is -0.862. The Morgan fingerprint density at radius 2 is 1.96 bits per heavy atom. The number of aliphatic carboxylic acids is 1. The normalized spacial score (nSPS) is 14.8. The summed E-state index contributed by atoms with van der Waals surface area (Å²) in [5, 5.41) is 8.78. The van der Waals surface area contributed by atoms with Crippen molar-refractivity contribution < 1.29 is 14.7 Å². The number of ketones is 1. The zero-order chi connectivity index (χ0) is 20.7. The zero-order valence-corrected chi connectivity index (χ0v) is 17.2. The van der Waals surface area contributed by atoms with Gasteiger partial charge in [-0.25, -0.2) is 0 Å². The maximum Gasteiger partial charge on any atom is 0.304 e. The van der Waals surface area contributed by atoms with Crippen molar-refractivity contribution in [2.45, 2.75) is 39.5 Å². The summed E-state index contributed by atoms with van der Waals surface area (Å²) in [6.07, 6.45) is 6.95. The first-order valence-electron chi connectivity index (χ1n) is 9.67. The number of nitrogens with zero attached hydrogens (tertiary/aromatic N) is 1. The van der Waals surface area contributed by atoms with Crippen molar-refractivity contribution in [2.75, 3.05) is 20.1 Å². The molecule has 0 fully saturated rings. The fraction of sp³-hybridized carbons (Fsp3) is 0.375. The molecule has 2 rings (SSSR count). The highest BCUT2D eigenvalue weighted by Crippen LogP contribution is 2.31. The number of allylic oxidation sites excluding steroid dienone is 4. The molecule has 1 atom stereocenters. The van der Waals surface area contributed by atoms with E-state index in [-0.39, 0.29) is 24.7 Å². The molecule has 4 heteroatoms. The number of aryl methyl sites for hydroxylation is 1. The van der Waals surface area contributed by atoms with Gasteiger partial charge in [0.2, 0.25) is 0 Å². The first-order chi connectivity index (χ1) is 13.3. The van der Waals surface area contributed by atoms with Gasteiger partial charge in [-0.3, -0.25) is 14.5 Å². The number of carboxylic acid groups (broad SMARTS) is 1. The molecule has 1 N–H and O–H groups in total. The lowest BCUT2D eigenvalue weighted by Crippen LogP contribution is -2.28. The second kappa shape index (κ2) is 10.0. The molecule has 0 bridgehead atoms. The number of rotatable bonds is 9. The summed E-state index contributed by atoms with van der Waals surface area (Å²) >= 11 is 0. The number of likely N-dealkylation sites (N-methyl/N-ethyl adjacent to an activating group) is 1. The summed E-state index contributed by atoms with van der Waals surface area (Å²) in [6.45, 7) is 6.74. The highest BCUT2D eigenvalue weighted by Gasteiger charge is 2.17. The molecule has 0 aliphatic heterocycles. The standard InChI is InChI=1S/C24H29NO3/c1-5-22(19-8-6-7-17(2)13-19)20-9-10-21(15-18(3)14-20)23(26)16-25(4)12-11-24(27)28/h6-10,13-14,22H,5,11-12,16H2,1-4H3,(H,27,28). The Morgan fingerprint density at radius 3 is 2.61 bits per heavy atom. The average molecular weight is 380 g/mol. The molecule has 1 aliphatic carbocycles. The Labute approximate surface area is 167 Å². The highest BCUT2D eigenvalue weighted by molar-refractivity contribution is 5.99. The minimum absolute atomic E-state index is 0.0217. The quantitative estimate of drug-likeness (QED) is 0.645. The van der Waals surface area contributed by atoms with Crippen LogP contribution in [0.3, 0.4) is 0 Å². The molecule has 0 saturated carbocycles. The predicted octanol–water partition coefficient (Wildman–Crippen LogP) is 4.43. The number of hydrogen-bond acceptors (Lipinski definition) is 3. The van der Waals surface area contributed by atoms with Crippen LogP contribution in [0.2, 0.25) is 0 Å². The Morgan fingerprint density at radius 1 is 1.21 bits per heavy atom. The van der Waals surface area contributed by atoms with Crippen LogP contribution in [0.4, 0.5) is 0 Å². The van der Waals surface area contributed by atoms with Gasteiger partial charge in [-0.1, -0.05) is 42.8 Å². The molecule has 0 aromatic heterocycles. The molecule has 1 aromatic rings. The topological polar surface area (TPSA) is 57.6 Å². The predicted molar refractivity (Wildman–Crippen MR) is 112 cm³/mol. The maximum atomic E-state index is 12.6. The van der Waals surface area contributed by atoms with Crippen molar-refractivity contribution in [3.8, 4) is 0 Å². The van der Waals surface area contributed by atoms with Gasteiger partial charge in [0.05, 0.1) is 18.5 Å². The smallest absolute Gasteiger partial charge is 0.304 e. The number of Topliss-reactive ketones (excluding diaryl/α,β-unsaturated/α-hetero) is 1. The van der Waals surface area contributed by atoms with E-state index in [1.807, 2.05) is 19.1 Å². The van der Waals surface area contributed by atoms with Crippen LogP contribution in [-0.4, -0.2) is 41.9 Å². The van der Waals surface area contributed by atoms with Gasteiger partial charge >= 0.3 is 5.97 Å². The van der Waals surface area contributed by atoms with Crippen LogP contribution in [0.5, 0.6) is 0 Å². The third kappa shape index (κ3) is 6.19. The zero-order valence-electron chi connectivity index (χ0n) is 17.2. The molecule has 4 nitrogen and oxygen atoms in total. The van der Waals surface area contributed by atoms with E-state index >= 15 is 0 Å². The molecule has 1 aromatic carbocycles. The van der Waals surface area contributed by atoms with E-state index in [0.717, 1.165) is 12.0 Å². The summed E-state index contributed by atoms with van der Waals surface area (Å²) in [7, 11) is 1.76. The third-order valence-electron chi connectivity index (χ3n) is 4.83. The fourth-order valence-corrected chi connectivity index (χ4v) is 3.39. The molecule has 1 aliphatic rings.